The first-order valence-corrected chi connectivity index (χ1v) is 7.27. The largest absolute Gasteiger partial charge is 0.309 e. The molecule has 1 aromatic rings. The van der Waals surface area contributed by atoms with Crippen LogP contribution in [0.1, 0.15) is 19.4 Å². The summed E-state index contributed by atoms with van der Waals surface area (Å²) in [4.78, 5) is 0. The standard InChI is InChI=1S/C13H19F2NO2S/c1-13(2,16-8-12(15)9-19(17)18)7-10-3-5-11(14)6-4-10/h3-6,12,16H,7-9H2,1-2H3,(H,17,18)/t12-/m1/s1. The van der Waals surface area contributed by atoms with Gasteiger partial charge in [0.15, 0.2) is 11.1 Å². The summed E-state index contributed by atoms with van der Waals surface area (Å²) >= 11 is -2.12. The van der Waals surface area contributed by atoms with Crippen LogP contribution in [0.5, 0.6) is 0 Å². The van der Waals surface area contributed by atoms with E-state index in [1.165, 1.54) is 12.1 Å². The Labute approximate surface area is 114 Å². The molecule has 0 aromatic heterocycles. The second-order valence-corrected chi connectivity index (χ2v) is 6.13. The number of hydrogen-bond donors (Lipinski definition) is 2. The molecule has 0 heterocycles. The fourth-order valence-electron chi connectivity index (χ4n) is 1.78. The van der Waals surface area contributed by atoms with E-state index in [2.05, 4.69) is 5.32 Å². The Morgan fingerprint density at radius 1 is 1.37 bits per heavy atom. The highest BCUT2D eigenvalue weighted by atomic mass is 32.2. The highest BCUT2D eigenvalue weighted by Crippen LogP contribution is 2.13. The number of alkyl halides is 1. The summed E-state index contributed by atoms with van der Waals surface area (Å²) < 4.78 is 45.1. The molecule has 0 spiro atoms. The zero-order chi connectivity index (χ0) is 14.5. The summed E-state index contributed by atoms with van der Waals surface area (Å²) in [6.45, 7) is 3.82. The number of benzene rings is 1. The maximum Gasteiger partial charge on any atom is 0.155 e. The predicted octanol–water partition coefficient (Wildman–Crippen LogP) is 2.30. The summed E-state index contributed by atoms with van der Waals surface area (Å²) in [5.41, 5.74) is 0.569. The Bertz CT molecular complexity index is 423. The SMILES string of the molecule is CC(C)(Cc1ccc(F)cc1)NC[C@@H](F)CS(=O)O. The molecule has 2 N–H and O–H groups in total. The van der Waals surface area contributed by atoms with Crippen molar-refractivity contribution < 1.29 is 17.5 Å². The third-order valence-electron chi connectivity index (χ3n) is 2.68. The second-order valence-electron chi connectivity index (χ2n) is 5.15. The van der Waals surface area contributed by atoms with E-state index in [4.69, 9.17) is 4.55 Å². The Balaban J connectivity index is 2.47. The van der Waals surface area contributed by atoms with Crippen molar-refractivity contribution in [3.63, 3.8) is 0 Å². The molecule has 0 aliphatic heterocycles. The number of nitrogens with one attached hydrogen (secondary N) is 1. The quantitative estimate of drug-likeness (QED) is 0.758. The minimum atomic E-state index is -2.12. The molecule has 0 radical (unpaired) electrons. The summed E-state index contributed by atoms with van der Waals surface area (Å²) in [6, 6.07) is 6.15. The van der Waals surface area contributed by atoms with Gasteiger partial charge in [0.05, 0.1) is 5.75 Å². The smallest absolute Gasteiger partial charge is 0.155 e. The maximum atomic E-state index is 13.3. The van der Waals surface area contributed by atoms with Gasteiger partial charge >= 0.3 is 0 Å². The Kier molecular flexibility index (Phi) is 6.03. The van der Waals surface area contributed by atoms with E-state index < -0.39 is 17.3 Å². The van der Waals surface area contributed by atoms with Gasteiger partial charge in [-0.25, -0.2) is 13.0 Å². The van der Waals surface area contributed by atoms with E-state index in [0.717, 1.165) is 5.56 Å². The topological polar surface area (TPSA) is 49.3 Å². The van der Waals surface area contributed by atoms with Crippen LogP contribution in [0.4, 0.5) is 8.78 Å². The van der Waals surface area contributed by atoms with Gasteiger partial charge in [-0.2, -0.15) is 0 Å². The maximum absolute atomic E-state index is 13.3. The van der Waals surface area contributed by atoms with Crippen molar-refractivity contribution in [3.05, 3.63) is 35.6 Å². The van der Waals surface area contributed by atoms with Crippen LogP contribution in [-0.2, 0) is 17.5 Å². The molecule has 0 aliphatic carbocycles. The molecule has 0 saturated heterocycles. The van der Waals surface area contributed by atoms with Crippen LogP contribution in [0.2, 0.25) is 0 Å². The second kappa shape index (κ2) is 7.07. The zero-order valence-corrected chi connectivity index (χ0v) is 11.8. The molecule has 108 valence electrons. The van der Waals surface area contributed by atoms with E-state index in [-0.39, 0.29) is 23.7 Å². The molecular weight excluding hydrogens is 272 g/mol. The Morgan fingerprint density at radius 2 is 1.95 bits per heavy atom. The lowest BCUT2D eigenvalue weighted by molar-refractivity contribution is 0.293. The Hall–Kier alpha value is -0.850. The zero-order valence-electron chi connectivity index (χ0n) is 11.0. The van der Waals surface area contributed by atoms with Crippen LogP contribution < -0.4 is 5.32 Å². The van der Waals surface area contributed by atoms with Crippen LogP contribution >= 0.6 is 0 Å². The van der Waals surface area contributed by atoms with Gasteiger partial charge in [-0.05, 0) is 38.0 Å². The monoisotopic (exact) mass is 291 g/mol. The lowest BCUT2D eigenvalue weighted by Crippen LogP contribution is -2.45. The van der Waals surface area contributed by atoms with Gasteiger partial charge < -0.3 is 9.87 Å². The fraction of sp³-hybridized carbons (Fsp3) is 0.538. The van der Waals surface area contributed by atoms with Crippen molar-refractivity contribution in [1.82, 2.24) is 5.32 Å². The van der Waals surface area contributed by atoms with Crippen LogP contribution in [-0.4, -0.2) is 32.8 Å². The van der Waals surface area contributed by atoms with E-state index >= 15 is 0 Å². The molecule has 19 heavy (non-hydrogen) atoms. The molecule has 3 nitrogen and oxygen atoms in total. The normalized spacial score (nSPS) is 15.2. The summed E-state index contributed by atoms with van der Waals surface area (Å²) in [5, 5.41) is 3.01. The lowest BCUT2D eigenvalue weighted by atomic mass is 9.95. The van der Waals surface area contributed by atoms with Gasteiger partial charge in [-0.1, -0.05) is 12.1 Å². The van der Waals surface area contributed by atoms with Gasteiger partial charge in [-0.3, -0.25) is 0 Å². The van der Waals surface area contributed by atoms with Crippen molar-refractivity contribution in [1.29, 1.82) is 0 Å². The van der Waals surface area contributed by atoms with Gasteiger partial charge in [0.1, 0.15) is 12.0 Å². The first kappa shape index (κ1) is 16.2. The molecule has 0 fully saturated rings. The molecule has 0 aliphatic rings. The van der Waals surface area contributed by atoms with E-state index in [9.17, 15) is 13.0 Å². The number of rotatable bonds is 7. The lowest BCUT2D eigenvalue weighted by Gasteiger charge is -2.27. The fourth-order valence-corrected chi connectivity index (χ4v) is 2.20. The summed E-state index contributed by atoms with van der Waals surface area (Å²) in [6.07, 6.45) is -0.749. The molecule has 1 rings (SSSR count). The van der Waals surface area contributed by atoms with E-state index in [0.29, 0.717) is 6.42 Å². The molecule has 0 bridgehead atoms. The van der Waals surface area contributed by atoms with Crippen LogP contribution in [0.25, 0.3) is 0 Å². The number of hydrogen-bond acceptors (Lipinski definition) is 2. The van der Waals surface area contributed by atoms with E-state index in [1.54, 1.807) is 12.1 Å². The molecular formula is C13H19F2NO2S. The third-order valence-corrected chi connectivity index (χ3v) is 3.33. The first-order valence-electron chi connectivity index (χ1n) is 5.99. The van der Waals surface area contributed by atoms with Crippen molar-refractivity contribution in [2.45, 2.75) is 32.0 Å². The van der Waals surface area contributed by atoms with Crippen molar-refractivity contribution >= 4 is 11.1 Å². The highest BCUT2D eigenvalue weighted by molar-refractivity contribution is 7.79. The Morgan fingerprint density at radius 3 is 2.47 bits per heavy atom. The summed E-state index contributed by atoms with van der Waals surface area (Å²) in [7, 11) is 0. The summed E-state index contributed by atoms with van der Waals surface area (Å²) in [5.74, 6) is -0.677. The molecule has 2 atom stereocenters. The minimum absolute atomic E-state index is 0.0144. The highest BCUT2D eigenvalue weighted by Gasteiger charge is 2.20. The van der Waals surface area contributed by atoms with Crippen LogP contribution in [0, 0.1) is 5.82 Å². The average Bonchev–Trinajstić information content (AvgIpc) is 2.29. The third kappa shape index (κ3) is 6.75. The molecule has 0 amide bonds. The predicted molar refractivity (Wildman–Crippen MR) is 72.7 cm³/mol. The van der Waals surface area contributed by atoms with Crippen molar-refractivity contribution in [3.8, 4) is 0 Å². The number of halogens is 2. The average molecular weight is 291 g/mol. The van der Waals surface area contributed by atoms with Crippen LogP contribution in [0.15, 0.2) is 24.3 Å². The van der Waals surface area contributed by atoms with Crippen LogP contribution in [0.3, 0.4) is 0 Å². The molecule has 6 heteroatoms. The van der Waals surface area contributed by atoms with Gasteiger partial charge in [-0.15, -0.1) is 0 Å². The molecule has 1 unspecified atom stereocenters. The molecule has 1 aromatic carbocycles. The van der Waals surface area contributed by atoms with Gasteiger partial charge in [0.25, 0.3) is 0 Å². The molecule has 0 saturated carbocycles. The van der Waals surface area contributed by atoms with Gasteiger partial charge in [0, 0.05) is 12.1 Å². The van der Waals surface area contributed by atoms with Crippen molar-refractivity contribution in [2.24, 2.45) is 0 Å². The van der Waals surface area contributed by atoms with E-state index in [1.807, 2.05) is 13.8 Å². The van der Waals surface area contributed by atoms with Crippen molar-refractivity contribution in [2.75, 3.05) is 12.3 Å². The van der Waals surface area contributed by atoms with Gasteiger partial charge in [0.2, 0.25) is 0 Å². The first-order chi connectivity index (χ1) is 8.78. The minimum Gasteiger partial charge on any atom is -0.309 e.